The van der Waals surface area contributed by atoms with Crippen molar-refractivity contribution in [2.75, 3.05) is 5.32 Å². The van der Waals surface area contributed by atoms with Crippen molar-refractivity contribution < 1.29 is 22.4 Å². The second-order valence-corrected chi connectivity index (χ2v) is 4.59. The summed E-state index contributed by atoms with van der Waals surface area (Å²) >= 11 is 5.67. The molecule has 0 atom stereocenters. The molecule has 0 bridgehead atoms. The van der Waals surface area contributed by atoms with Crippen molar-refractivity contribution >= 4 is 23.2 Å². The van der Waals surface area contributed by atoms with Gasteiger partial charge in [-0.05, 0) is 42.5 Å². The van der Waals surface area contributed by atoms with E-state index in [1.165, 1.54) is 24.3 Å². The zero-order chi connectivity index (χ0) is 15.6. The minimum absolute atomic E-state index is 0.149. The van der Waals surface area contributed by atoms with Gasteiger partial charge in [0.05, 0.1) is 5.56 Å². The lowest BCUT2D eigenvalue weighted by Gasteiger charge is -2.11. The van der Waals surface area contributed by atoms with Gasteiger partial charge in [0, 0.05) is 16.3 Å². The standard InChI is InChI=1S/C14H8ClF4NO/c15-9-3-1-8(2-4-9)13(21)20-10-5-6-12(16)11(7-10)14(17,18)19/h1-7H,(H,20,21). The zero-order valence-electron chi connectivity index (χ0n) is 10.3. The van der Waals surface area contributed by atoms with E-state index in [1.54, 1.807) is 0 Å². The molecule has 7 heteroatoms. The van der Waals surface area contributed by atoms with Crippen LogP contribution >= 0.6 is 11.6 Å². The molecule has 0 aromatic heterocycles. The number of amides is 1. The molecule has 2 rings (SSSR count). The molecule has 0 aliphatic heterocycles. The number of benzene rings is 2. The molecule has 0 radical (unpaired) electrons. The van der Waals surface area contributed by atoms with Gasteiger partial charge in [-0.2, -0.15) is 13.2 Å². The number of rotatable bonds is 2. The van der Waals surface area contributed by atoms with Crippen LogP contribution in [-0.2, 0) is 6.18 Å². The fourth-order valence-electron chi connectivity index (χ4n) is 1.62. The predicted molar refractivity (Wildman–Crippen MR) is 70.8 cm³/mol. The van der Waals surface area contributed by atoms with Gasteiger partial charge in [-0.1, -0.05) is 11.6 Å². The normalized spacial score (nSPS) is 11.3. The van der Waals surface area contributed by atoms with E-state index in [1.807, 2.05) is 0 Å². The van der Waals surface area contributed by atoms with Crippen molar-refractivity contribution in [1.29, 1.82) is 0 Å². The maximum atomic E-state index is 13.1. The number of alkyl halides is 3. The first-order chi connectivity index (χ1) is 9.77. The van der Waals surface area contributed by atoms with Crippen LogP contribution in [0.1, 0.15) is 15.9 Å². The van der Waals surface area contributed by atoms with Gasteiger partial charge in [0.2, 0.25) is 0 Å². The molecule has 0 unspecified atom stereocenters. The van der Waals surface area contributed by atoms with E-state index in [4.69, 9.17) is 11.6 Å². The van der Waals surface area contributed by atoms with Gasteiger partial charge < -0.3 is 5.32 Å². The Morgan fingerprint density at radius 1 is 1.05 bits per heavy atom. The Hall–Kier alpha value is -2.08. The predicted octanol–water partition coefficient (Wildman–Crippen LogP) is 4.75. The molecular formula is C14H8ClF4NO. The molecule has 110 valence electrons. The van der Waals surface area contributed by atoms with E-state index in [0.29, 0.717) is 17.2 Å². The van der Waals surface area contributed by atoms with Crippen molar-refractivity contribution in [3.05, 3.63) is 64.4 Å². The molecule has 1 N–H and O–H groups in total. The van der Waals surface area contributed by atoms with E-state index >= 15 is 0 Å². The lowest BCUT2D eigenvalue weighted by Crippen LogP contribution is -2.14. The number of carbonyl (C=O) groups excluding carboxylic acids is 1. The highest BCUT2D eigenvalue weighted by molar-refractivity contribution is 6.30. The van der Waals surface area contributed by atoms with Crippen molar-refractivity contribution in [2.24, 2.45) is 0 Å². The molecule has 0 fully saturated rings. The molecule has 0 aliphatic carbocycles. The molecule has 0 saturated carbocycles. The number of halogens is 5. The first-order valence-electron chi connectivity index (χ1n) is 5.71. The quantitative estimate of drug-likeness (QED) is 0.796. The van der Waals surface area contributed by atoms with Crippen molar-refractivity contribution in [2.45, 2.75) is 6.18 Å². The van der Waals surface area contributed by atoms with Crippen LogP contribution in [0.4, 0.5) is 23.2 Å². The van der Waals surface area contributed by atoms with Gasteiger partial charge in [0.1, 0.15) is 5.82 Å². The van der Waals surface area contributed by atoms with Gasteiger partial charge in [-0.3, -0.25) is 4.79 Å². The number of nitrogens with one attached hydrogen (secondary N) is 1. The number of hydrogen-bond acceptors (Lipinski definition) is 1. The van der Waals surface area contributed by atoms with Crippen molar-refractivity contribution in [3.63, 3.8) is 0 Å². The molecular weight excluding hydrogens is 310 g/mol. The van der Waals surface area contributed by atoms with Crippen LogP contribution in [0.2, 0.25) is 5.02 Å². The molecule has 21 heavy (non-hydrogen) atoms. The SMILES string of the molecule is O=C(Nc1ccc(F)c(C(F)(F)F)c1)c1ccc(Cl)cc1. The minimum atomic E-state index is -4.83. The summed E-state index contributed by atoms with van der Waals surface area (Å²) in [5.74, 6) is -2.02. The molecule has 0 aliphatic rings. The highest BCUT2D eigenvalue weighted by Crippen LogP contribution is 2.33. The summed E-state index contributed by atoms with van der Waals surface area (Å²) in [6.07, 6.45) is -4.83. The summed E-state index contributed by atoms with van der Waals surface area (Å²) in [7, 11) is 0. The minimum Gasteiger partial charge on any atom is -0.322 e. The Morgan fingerprint density at radius 2 is 1.67 bits per heavy atom. The first kappa shape index (κ1) is 15.3. The molecule has 0 heterocycles. The van der Waals surface area contributed by atoms with Crippen LogP contribution < -0.4 is 5.32 Å². The van der Waals surface area contributed by atoms with Crippen LogP contribution in [0.5, 0.6) is 0 Å². The third-order valence-electron chi connectivity index (χ3n) is 2.64. The molecule has 1 amide bonds. The smallest absolute Gasteiger partial charge is 0.322 e. The number of hydrogen-bond donors (Lipinski definition) is 1. The largest absolute Gasteiger partial charge is 0.419 e. The van der Waals surface area contributed by atoms with Crippen LogP contribution in [-0.4, -0.2) is 5.91 Å². The molecule has 2 aromatic rings. The Bertz CT molecular complexity index is 668. The monoisotopic (exact) mass is 317 g/mol. The van der Waals surface area contributed by atoms with E-state index in [0.717, 1.165) is 6.07 Å². The molecule has 2 nitrogen and oxygen atoms in total. The third-order valence-corrected chi connectivity index (χ3v) is 2.89. The van der Waals surface area contributed by atoms with Crippen LogP contribution in [0.15, 0.2) is 42.5 Å². The summed E-state index contributed by atoms with van der Waals surface area (Å²) in [5, 5.41) is 2.69. The summed E-state index contributed by atoms with van der Waals surface area (Å²) in [6, 6.07) is 8.05. The van der Waals surface area contributed by atoms with Gasteiger partial charge in [-0.25, -0.2) is 4.39 Å². The van der Waals surface area contributed by atoms with E-state index in [-0.39, 0.29) is 11.3 Å². The highest BCUT2D eigenvalue weighted by atomic mass is 35.5. The van der Waals surface area contributed by atoms with E-state index in [9.17, 15) is 22.4 Å². The van der Waals surface area contributed by atoms with E-state index < -0.39 is 23.5 Å². The van der Waals surface area contributed by atoms with Crippen LogP contribution in [0.3, 0.4) is 0 Å². The maximum absolute atomic E-state index is 13.1. The maximum Gasteiger partial charge on any atom is 0.419 e. The Balaban J connectivity index is 2.24. The molecule has 2 aromatic carbocycles. The fourth-order valence-corrected chi connectivity index (χ4v) is 1.75. The van der Waals surface area contributed by atoms with Crippen LogP contribution in [0.25, 0.3) is 0 Å². The van der Waals surface area contributed by atoms with Gasteiger partial charge in [0.15, 0.2) is 0 Å². The van der Waals surface area contributed by atoms with Crippen molar-refractivity contribution in [3.8, 4) is 0 Å². The summed E-state index contributed by atoms with van der Waals surface area (Å²) in [5.41, 5.74) is -1.36. The fraction of sp³-hybridized carbons (Fsp3) is 0.0714. The number of anilines is 1. The van der Waals surface area contributed by atoms with Gasteiger partial charge in [-0.15, -0.1) is 0 Å². The number of carbonyl (C=O) groups is 1. The van der Waals surface area contributed by atoms with Crippen LogP contribution in [0, 0.1) is 5.82 Å². The zero-order valence-corrected chi connectivity index (χ0v) is 11.1. The van der Waals surface area contributed by atoms with Gasteiger partial charge in [0.25, 0.3) is 5.91 Å². The summed E-state index contributed by atoms with van der Waals surface area (Å²) < 4.78 is 50.8. The molecule has 0 saturated heterocycles. The third kappa shape index (κ3) is 3.72. The second-order valence-electron chi connectivity index (χ2n) is 4.15. The Morgan fingerprint density at radius 3 is 2.24 bits per heavy atom. The second kappa shape index (κ2) is 5.73. The summed E-state index contributed by atoms with van der Waals surface area (Å²) in [6.45, 7) is 0. The van der Waals surface area contributed by atoms with Gasteiger partial charge >= 0.3 is 6.18 Å². The summed E-state index contributed by atoms with van der Waals surface area (Å²) in [4.78, 5) is 11.8. The lowest BCUT2D eigenvalue weighted by atomic mass is 10.1. The van der Waals surface area contributed by atoms with Crippen molar-refractivity contribution in [1.82, 2.24) is 0 Å². The Labute approximate surface area is 122 Å². The topological polar surface area (TPSA) is 29.1 Å². The van der Waals surface area contributed by atoms with E-state index in [2.05, 4.69) is 5.32 Å². The highest BCUT2D eigenvalue weighted by Gasteiger charge is 2.34. The lowest BCUT2D eigenvalue weighted by molar-refractivity contribution is -0.139. The average molecular weight is 318 g/mol. The average Bonchev–Trinajstić information content (AvgIpc) is 2.40. The Kier molecular flexibility index (Phi) is 4.18. The first-order valence-corrected chi connectivity index (χ1v) is 6.09. The molecule has 0 spiro atoms.